The Balaban J connectivity index is 1.66. The number of carbonyl (C=O) groups is 1. The molecule has 0 fully saturated rings. The molecule has 1 amide bonds. The Labute approximate surface area is 171 Å². The second-order valence-corrected chi connectivity index (χ2v) is 9.89. The predicted octanol–water partition coefficient (Wildman–Crippen LogP) is 4.56. The van der Waals surface area contributed by atoms with Crippen molar-refractivity contribution in [1.82, 2.24) is 10.2 Å². The van der Waals surface area contributed by atoms with Crippen LogP contribution >= 0.6 is 22.7 Å². The SMILES string of the molecule is CCC(CC)c1nnc(NC(=O)c2ccc(NS(=O)(=O)c3cccs3)cc2)s1. The Morgan fingerprint density at radius 3 is 2.43 bits per heavy atom. The van der Waals surface area contributed by atoms with E-state index >= 15 is 0 Å². The molecule has 10 heteroatoms. The van der Waals surface area contributed by atoms with Crippen molar-refractivity contribution >= 4 is 49.4 Å². The van der Waals surface area contributed by atoms with E-state index in [1.54, 1.807) is 35.7 Å². The lowest BCUT2D eigenvalue weighted by Crippen LogP contribution is -2.13. The van der Waals surface area contributed by atoms with Crippen LogP contribution in [-0.4, -0.2) is 24.5 Å². The Bertz CT molecular complexity index is 1020. The monoisotopic (exact) mass is 436 g/mol. The normalized spacial score (nSPS) is 11.5. The lowest BCUT2D eigenvalue weighted by atomic mass is 10.1. The van der Waals surface area contributed by atoms with Crippen molar-refractivity contribution in [3.8, 4) is 0 Å². The van der Waals surface area contributed by atoms with Crippen molar-refractivity contribution in [2.24, 2.45) is 0 Å². The second-order valence-electron chi connectivity index (χ2n) is 6.03. The first-order chi connectivity index (χ1) is 13.4. The molecule has 0 aliphatic rings. The average Bonchev–Trinajstić information content (AvgIpc) is 3.36. The third-order valence-corrected chi connectivity index (χ3v) is 7.94. The third kappa shape index (κ3) is 4.75. The first-order valence-corrected chi connectivity index (χ1v) is 11.9. The summed E-state index contributed by atoms with van der Waals surface area (Å²) in [6.45, 7) is 4.20. The molecule has 2 aromatic heterocycles. The molecule has 7 nitrogen and oxygen atoms in total. The van der Waals surface area contributed by atoms with E-state index in [9.17, 15) is 13.2 Å². The lowest BCUT2D eigenvalue weighted by Gasteiger charge is -2.07. The maximum absolute atomic E-state index is 12.4. The summed E-state index contributed by atoms with van der Waals surface area (Å²) in [5.74, 6) is 0.0266. The highest BCUT2D eigenvalue weighted by molar-refractivity contribution is 7.94. The van der Waals surface area contributed by atoms with E-state index in [2.05, 4.69) is 34.1 Å². The van der Waals surface area contributed by atoms with E-state index in [0.29, 0.717) is 22.3 Å². The number of rotatable bonds is 8. The van der Waals surface area contributed by atoms with Crippen molar-refractivity contribution in [3.63, 3.8) is 0 Å². The first kappa shape index (κ1) is 20.4. The molecule has 0 unspecified atom stereocenters. The van der Waals surface area contributed by atoms with Gasteiger partial charge >= 0.3 is 0 Å². The van der Waals surface area contributed by atoms with Crippen molar-refractivity contribution in [3.05, 3.63) is 52.3 Å². The molecule has 3 rings (SSSR count). The number of carbonyl (C=O) groups excluding carboxylic acids is 1. The Hall–Kier alpha value is -2.30. The van der Waals surface area contributed by atoms with Crippen LogP contribution in [0, 0.1) is 0 Å². The van der Waals surface area contributed by atoms with E-state index in [1.807, 2.05) is 0 Å². The van der Waals surface area contributed by atoms with Crippen LogP contribution in [0.3, 0.4) is 0 Å². The zero-order valence-corrected chi connectivity index (χ0v) is 17.8. The molecule has 28 heavy (non-hydrogen) atoms. The van der Waals surface area contributed by atoms with Crippen LogP contribution in [0.2, 0.25) is 0 Å². The van der Waals surface area contributed by atoms with E-state index in [1.165, 1.54) is 17.4 Å². The molecule has 3 aromatic rings. The number of nitrogens with zero attached hydrogens (tertiary/aromatic N) is 2. The highest BCUT2D eigenvalue weighted by atomic mass is 32.2. The topological polar surface area (TPSA) is 101 Å². The largest absolute Gasteiger partial charge is 0.296 e. The number of aromatic nitrogens is 2. The molecular weight excluding hydrogens is 416 g/mol. The zero-order valence-electron chi connectivity index (χ0n) is 15.4. The van der Waals surface area contributed by atoms with E-state index in [-0.39, 0.29) is 10.1 Å². The summed E-state index contributed by atoms with van der Waals surface area (Å²) in [5.41, 5.74) is 0.787. The van der Waals surface area contributed by atoms with Crippen LogP contribution in [0.4, 0.5) is 10.8 Å². The van der Waals surface area contributed by atoms with Gasteiger partial charge in [0.1, 0.15) is 9.22 Å². The van der Waals surface area contributed by atoms with Crippen LogP contribution in [-0.2, 0) is 10.0 Å². The van der Waals surface area contributed by atoms with Gasteiger partial charge in [0.15, 0.2) is 0 Å². The van der Waals surface area contributed by atoms with Crippen LogP contribution in [0.1, 0.15) is 48.0 Å². The van der Waals surface area contributed by atoms with Crippen molar-refractivity contribution in [2.45, 2.75) is 36.8 Å². The fourth-order valence-corrected chi connectivity index (χ4v) is 5.63. The fourth-order valence-electron chi connectivity index (χ4n) is 2.57. The molecule has 2 heterocycles. The number of anilines is 2. The van der Waals surface area contributed by atoms with Gasteiger partial charge in [-0.05, 0) is 48.6 Å². The smallest absolute Gasteiger partial charge is 0.271 e. The maximum Gasteiger partial charge on any atom is 0.271 e. The van der Waals surface area contributed by atoms with Gasteiger partial charge in [0, 0.05) is 17.2 Å². The minimum absolute atomic E-state index is 0.235. The maximum atomic E-state index is 12.4. The van der Waals surface area contributed by atoms with Gasteiger partial charge < -0.3 is 0 Å². The molecule has 0 aliphatic heterocycles. The highest BCUT2D eigenvalue weighted by Crippen LogP contribution is 2.28. The summed E-state index contributed by atoms with van der Waals surface area (Å²) in [7, 11) is -3.61. The van der Waals surface area contributed by atoms with Gasteiger partial charge in [0.2, 0.25) is 5.13 Å². The van der Waals surface area contributed by atoms with Gasteiger partial charge in [-0.25, -0.2) is 8.42 Å². The van der Waals surface area contributed by atoms with E-state index in [0.717, 1.165) is 29.2 Å². The van der Waals surface area contributed by atoms with Crippen molar-refractivity contribution in [2.75, 3.05) is 10.0 Å². The average molecular weight is 437 g/mol. The third-order valence-electron chi connectivity index (χ3n) is 4.16. The number of sulfonamides is 1. The molecule has 0 saturated heterocycles. The molecule has 0 bridgehead atoms. The fraction of sp³-hybridized carbons (Fsp3) is 0.278. The molecule has 0 aliphatic carbocycles. The van der Waals surface area contributed by atoms with Gasteiger partial charge in [-0.2, -0.15) is 0 Å². The number of hydrogen-bond acceptors (Lipinski definition) is 7. The molecule has 0 spiro atoms. The zero-order chi connectivity index (χ0) is 20.1. The Morgan fingerprint density at radius 2 is 1.82 bits per heavy atom. The first-order valence-electron chi connectivity index (χ1n) is 8.74. The summed E-state index contributed by atoms with van der Waals surface area (Å²) in [4.78, 5) is 12.4. The van der Waals surface area contributed by atoms with Gasteiger partial charge in [-0.3, -0.25) is 14.8 Å². The van der Waals surface area contributed by atoms with Crippen LogP contribution in [0.15, 0.2) is 46.0 Å². The molecule has 0 saturated carbocycles. The summed E-state index contributed by atoms with van der Waals surface area (Å²) < 4.78 is 27.2. The summed E-state index contributed by atoms with van der Waals surface area (Å²) in [5, 5.41) is 14.0. The number of thiophene rings is 1. The summed E-state index contributed by atoms with van der Waals surface area (Å²) in [6, 6.07) is 9.43. The van der Waals surface area contributed by atoms with Crippen LogP contribution in [0.5, 0.6) is 0 Å². The van der Waals surface area contributed by atoms with Crippen molar-refractivity contribution in [1.29, 1.82) is 0 Å². The van der Waals surface area contributed by atoms with E-state index in [4.69, 9.17) is 0 Å². The Morgan fingerprint density at radius 1 is 1.11 bits per heavy atom. The Kier molecular flexibility index (Phi) is 6.42. The van der Waals surface area contributed by atoms with Crippen molar-refractivity contribution < 1.29 is 13.2 Å². The number of benzene rings is 1. The quantitative estimate of drug-likeness (QED) is 0.539. The molecule has 0 radical (unpaired) electrons. The van der Waals surface area contributed by atoms with E-state index < -0.39 is 10.0 Å². The molecular formula is C18H20N4O3S3. The summed E-state index contributed by atoms with van der Waals surface area (Å²) >= 11 is 2.52. The van der Waals surface area contributed by atoms with Gasteiger partial charge in [0.05, 0.1) is 0 Å². The second kappa shape index (κ2) is 8.80. The number of amides is 1. The van der Waals surface area contributed by atoms with Crippen LogP contribution < -0.4 is 10.0 Å². The summed E-state index contributed by atoms with van der Waals surface area (Å²) in [6.07, 6.45) is 1.95. The highest BCUT2D eigenvalue weighted by Gasteiger charge is 2.17. The molecule has 1 aromatic carbocycles. The van der Waals surface area contributed by atoms with Gasteiger partial charge in [-0.1, -0.05) is 31.3 Å². The van der Waals surface area contributed by atoms with Gasteiger partial charge in [-0.15, -0.1) is 21.5 Å². The van der Waals surface area contributed by atoms with Gasteiger partial charge in [0.25, 0.3) is 15.9 Å². The number of hydrogen-bond donors (Lipinski definition) is 2. The standard InChI is InChI=1S/C18H20N4O3S3/c1-3-12(4-2)17-20-21-18(27-17)19-16(23)13-7-9-14(10-8-13)22-28(24,25)15-6-5-11-26-15/h5-12,22H,3-4H2,1-2H3,(H,19,21,23). The number of nitrogens with one attached hydrogen (secondary N) is 2. The minimum atomic E-state index is -3.61. The predicted molar refractivity (Wildman–Crippen MR) is 113 cm³/mol. The molecule has 148 valence electrons. The minimum Gasteiger partial charge on any atom is -0.296 e. The van der Waals surface area contributed by atoms with Crippen LogP contribution in [0.25, 0.3) is 0 Å². The molecule has 0 atom stereocenters. The molecule has 2 N–H and O–H groups in total. The lowest BCUT2D eigenvalue weighted by molar-refractivity contribution is 0.102.